The van der Waals surface area contributed by atoms with Crippen molar-refractivity contribution in [2.75, 3.05) is 5.32 Å². The van der Waals surface area contributed by atoms with Crippen LogP contribution >= 0.6 is 0 Å². The molecule has 0 aliphatic rings. The molecule has 3 N–H and O–H groups in total. The van der Waals surface area contributed by atoms with Gasteiger partial charge >= 0.3 is 0 Å². The van der Waals surface area contributed by atoms with E-state index in [1.165, 1.54) is 0 Å². The molecule has 2 aromatic rings. The van der Waals surface area contributed by atoms with Crippen LogP contribution in [0.5, 0.6) is 0 Å². The number of benzene rings is 1. The minimum Gasteiger partial charge on any atom is -0.323 e. The van der Waals surface area contributed by atoms with E-state index in [2.05, 4.69) is 15.6 Å². The van der Waals surface area contributed by atoms with Crippen molar-refractivity contribution in [2.24, 2.45) is 11.7 Å². The number of aromatic nitrogens is 3. The van der Waals surface area contributed by atoms with Crippen LogP contribution in [0.1, 0.15) is 20.3 Å². The number of rotatable bonds is 5. The molecule has 1 aromatic heterocycles. The zero-order valence-electron chi connectivity index (χ0n) is 11.7. The lowest BCUT2D eigenvalue weighted by atomic mass is 9.99. The summed E-state index contributed by atoms with van der Waals surface area (Å²) in [4.78, 5) is 12.2. The van der Waals surface area contributed by atoms with Gasteiger partial charge in [-0.2, -0.15) is 0 Å². The average molecular weight is 273 g/mol. The highest BCUT2D eigenvalue weighted by molar-refractivity contribution is 5.96. The van der Waals surface area contributed by atoms with Crippen LogP contribution in [0.15, 0.2) is 36.7 Å². The summed E-state index contributed by atoms with van der Waals surface area (Å²) in [5.74, 6) is -0.0551. The van der Waals surface area contributed by atoms with E-state index in [9.17, 15) is 4.79 Å². The minimum absolute atomic E-state index is 0.133. The number of amides is 1. The molecule has 1 unspecified atom stereocenters. The van der Waals surface area contributed by atoms with Crippen LogP contribution < -0.4 is 11.1 Å². The van der Waals surface area contributed by atoms with E-state index in [4.69, 9.17) is 5.73 Å². The molecule has 0 radical (unpaired) electrons. The third kappa shape index (κ3) is 3.03. The average Bonchev–Trinajstić information content (AvgIpc) is 3.00. The van der Waals surface area contributed by atoms with Crippen molar-refractivity contribution < 1.29 is 4.79 Å². The molecule has 0 aliphatic heterocycles. The number of para-hydroxylation sites is 2. The third-order valence-electron chi connectivity index (χ3n) is 3.39. The summed E-state index contributed by atoms with van der Waals surface area (Å²) >= 11 is 0. The van der Waals surface area contributed by atoms with E-state index in [1.807, 2.05) is 38.1 Å². The maximum absolute atomic E-state index is 12.2. The third-order valence-corrected chi connectivity index (χ3v) is 3.39. The van der Waals surface area contributed by atoms with Crippen LogP contribution in [-0.2, 0) is 4.79 Å². The van der Waals surface area contributed by atoms with Crippen molar-refractivity contribution in [3.8, 4) is 5.69 Å². The summed E-state index contributed by atoms with van der Waals surface area (Å²) in [6.07, 6.45) is 4.17. The van der Waals surface area contributed by atoms with Gasteiger partial charge in [-0.1, -0.05) is 37.6 Å². The SMILES string of the molecule is CCC(C)[C@H](N)C(=O)Nc1ccccc1-n1ccnn1. The van der Waals surface area contributed by atoms with E-state index >= 15 is 0 Å². The van der Waals surface area contributed by atoms with Gasteiger partial charge in [0.25, 0.3) is 0 Å². The molecule has 2 atom stereocenters. The first-order valence-corrected chi connectivity index (χ1v) is 6.65. The Morgan fingerprint density at radius 2 is 2.20 bits per heavy atom. The molecule has 1 aromatic carbocycles. The highest BCUT2D eigenvalue weighted by Gasteiger charge is 2.20. The van der Waals surface area contributed by atoms with Crippen LogP contribution in [0.25, 0.3) is 5.69 Å². The molecule has 6 nitrogen and oxygen atoms in total. The molecule has 0 aliphatic carbocycles. The maximum atomic E-state index is 12.2. The second kappa shape index (κ2) is 6.29. The van der Waals surface area contributed by atoms with Gasteiger partial charge in [0.05, 0.1) is 29.8 Å². The quantitative estimate of drug-likeness (QED) is 0.866. The Labute approximate surface area is 118 Å². The van der Waals surface area contributed by atoms with E-state index in [1.54, 1.807) is 17.1 Å². The Bertz CT molecular complexity index is 567. The topological polar surface area (TPSA) is 85.8 Å². The number of nitrogens with two attached hydrogens (primary N) is 1. The molecule has 0 saturated heterocycles. The number of anilines is 1. The van der Waals surface area contributed by atoms with Gasteiger partial charge in [-0.25, -0.2) is 4.68 Å². The second-order valence-corrected chi connectivity index (χ2v) is 4.77. The molecular formula is C14H19N5O. The Kier molecular flexibility index (Phi) is 4.47. The molecule has 2 rings (SSSR count). The normalized spacial score (nSPS) is 13.8. The van der Waals surface area contributed by atoms with Crippen LogP contribution in [0.3, 0.4) is 0 Å². The molecule has 1 amide bonds. The maximum Gasteiger partial charge on any atom is 0.241 e. The number of nitrogens with zero attached hydrogens (tertiary/aromatic N) is 3. The highest BCUT2D eigenvalue weighted by Crippen LogP contribution is 2.19. The standard InChI is InChI=1S/C14H19N5O/c1-3-10(2)13(15)14(20)17-11-6-4-5-7-12(11)19-9-8-16-18-19/h4-10,13H,3,15H2,1-2H3,(H,17,20)/t10?,13-/m0/s1. The first-order chi connectivity index (χ1) is 9.63. The summed E-state index contributed by atoms with van der Waals surface area (Å²) in [5, 5.41) is 10.6. The van der Waals surface area contributed by atoms with Gasteiger partial charge in [0.15, 0.2) is 0 Å². The highest BCUT2D eigenvalue weighted by atomic mass is 16.2. The van der Waals surface area contributed by atoms with E-state index in [0.717, 1.165) is 12.1 Å². The van der Waals surface area contributed by atoms with E-state index in [0.29, 0.717) is 5.69 Å². The lowest BCUT2D eigenvalue weighted by molar-refractivity contribution is -0.118. The summed E-state index contributed by atoms with van der Waals surface area (Å²) in [6, 6.07) is 6.88. The van der Waals surface area contributed by atoms with Gasteiger partial charge in [-0.05, 0) is 18.1 Å². The predicted octanol–water partition coefficient (Wildman–Crippen LogP) is 1.58. The zero-order valence-corrected chi connectivity index (χ0v) is 11.7. The lowest BCUT2D eigenvalue weighted by Gasteiger charge is -2.18. The Hall–Kier alpha value is -2.21. The van der Waals surface area contributed by atoms with E-state index < -0.39 is 6.04 Å². The molecular weight excluding hydrogens is 254 g/mol. The smallest absolute Gasteiger partial charge is 0.241 e. The molecule has 0 saturated carbocycles. The number of carbonyl (C=O) groups excluding carboxylic acids is 1. The molecule has 0 spiro atoms. The molecule has 6 heteroatoms. The van der Waals surface area contributed by atoms with Crippen molar-refractivity contribution in [3.05, 3.63) is 36.7 Å². The predicted molar refractivity (Wildman–Crippen MR) is 77.4 cm³/mol. The van der Waals surface area contributed by atoms with Gasteiger partial charge in [0, 0.05) is 0 Å². The fourth-order valence-electron chi connectivity index (χ4n) is 1.84. The largest absolute Gasteiger partial charge is 0.323 e. The molecule has 106 valence electrons. The van der Waals surface area contributed by atoms with Crippen LogP contribution in [0.2, 0.25) is 0 Å². The van der Waals surface area contributed by atoms with Crippen molar-refractivity contribution in [1.29, 1.82) is 0 Å². The number of hydrogen-bond acceptors (Lipinski definition) is 4. The molecule has 0 fully saturated rings. The van der Waals surface area contributed by atoms with Crippen molar-refractivity contribution in [1.82, 2.24) is 15.0 Å². The number of nitrogens with one attached hydrogen (secondary N) is 1. The summed E-state index contributed by atoms with van der Waals surface area (Å²) in [5.41, 5.74) is 7.37. The molecule has 20 heavy (non-hydrogen) atoms. The van der Waals surface area contributed by atoms with Crippen molar-refractivity contribution >= 4 is 11.6 Å². The summed E-state index contributed by atoms with van der Waals surface area (Å²) in [6.45, 7) is 3.98. The summed E-state index contributed by atoms with van der Waals surface area (Å²) < 4.78 is 1.60. The summed E-state index contributed by atoms with van der Waals surface area (Å²) in [7, 11) is 0. The monoisotopic (exact) mass is 273 g/mol. The zero-order chi connectivity index (χ0) is 14.5. The fourth-order valence-corrected chi connectivity index (χ4v) is 1.84. The van der Waals surface area contributed by atoms with Gasteiger partial charge in [0.1, 0.15) is 0 Å². The van der Waals surface area contributed by atoms with Gasteiger partial charge in [-0.3, -0.25) is 4.79 Å². The van der Waals surface area contributed by atoms with Gasteiger partial charge in [-0.15, -0.1) is 5.10 Å². The number of carbonyl (C=O) groups is 1. The second-order valence-electron chi connectivity index (χ2n) is 4.77. The first-order valence-electron chi connectivity index (χ1n) is 6.65. The molecule has 1 heterocycles. The van der Waals surface area contributed by atoms with Gasteiger partial charge < -0.3 is 11.1 Å². The van der Waals surface area contributed by atoms with Crippen LogP contribution in [0.4, 0.5) is 5.69 Å². The Morgan fingerprint density at radius 3 is 2.85 bits per heavy atom. The Balaban J connectivity index is 2.20. The first kappa shape index (κ1) is 14.2. The Morgan fingerprint density at radius 1 is 1.45 bits per heavy atom. The van der Waals surface area contributed by atoms with Crippen LogP contribution in [0, 0.1) is 5.92 Å². The molecule has 0 bridgehead atoms. The van der Waals surface area contributed by atoms with Crippen LogP contribution in [-0.4, -0.2) is 26.9 Å². The van der Waals surface area contributed by atoms with Gasteiger partial charge in [0.2, 0.25) is 5.91 Å². The minimum atomic E-state index is -0.524. The number of hydrogen-bond donors (Lipinski definition) is 2. The van der Waals surface area contributed by atoms with Crippen molar-refractivity contribution in [2.45, 2.75) is 26.3 Å². The fraction of sp³-hybridized carbons (Fsp3) is 0.357. The van der Waals surface area contributed by atoms with E-state index in [-0.39, 0.29) is 11.8 Å². The van der Waals surface area contributed by atoms with Crippen molar-refractivity contribution in [3.63, 3.8) is 0 Å². The lowest BCUT2D eigenvalue weighted by Crippen LogP contribution is -2.40.